The van der Waals surface area contributed by atoms with E-state index < -0.39 is 12.9 Å². The minimum absolute atomic E-state index is 0.0841. The summed E-state index contributed by atoms with van der Waals surface area (Å²) in [6, 6.07) is 0. The Morgan fingerprint density at radius 2 is 1.33 bits per heavy atom. The van der Waals surface area contributed by atoms with Crippen LogP contribution >= 0.6 is 7.60 Å². The van der Waals surface area contributed by atoms with Crippen LogP contribution < -0.4 is 0 Å². The van der Waals surface area contributed by atoms with Crippen molar-refractivity contribution in [2.75, 3.05) is 26.3 Å². The van der Waals surface area contributed by atoms with Gasteiger partial charge in [-0.2, -0.15) is 0 Å². The first-order valence-corrected chi connectivity index (χ1v) is 7.91. The van der Waals surface area contributed by atoms with Crippen molar-refractivity contribution in [1.29, 1.82) is 0 Å². The lowest BCUT2D eigenvalue weighted by Crippen LogP contribution is -2.44. The molecule has 0 rings (SSSR count). The first kappa shape index (κ1) is 18.0. The molecule has 0 aliphatic rings. The molecule has 0 atom stereocenters. The van der Waals surface area contributed by atoms with E-state index in [1.807, 2.05) is 0 Å². The summed E-state index contributed by atoms with van der Waals surface area (Å²) < 4.78 is 11.5. The van der Waals surface area contributed by atoms with Crippen LogP contribution in [0.4, 0.5) is 0 Å². The van der Waals surface area contributed by atoms with Crippen LogP contribution in [0.3, 0.4) is 0 Å². The lowest BCUT2D eigenvalue weighted by atomic mass is 10.2. The average molecular weight is 283 g/mol. The van der Waals surface area contributed by atoms with E-state index in [1.165, 1.54) is 13.8 Å². The zero-order valence-corrected chi connectivity index (χ0v) is 12.1. The van der Waals surface area contributed by atoms with Gasteiger partial charge in [0, 0.05) is 13.2 Å². The van der Waals surface area contributed by atoms with Crippen molar-refractivity contribution < 1.29 is 24.6 Å². The van der Waals surface area contributed by atoms with Crippen molar-refractivity contribution >= 4 is 7.60 Å². The van der Waals surface area contributed by atoms with E-state index in [4.69, 9.17) is 10.2 Å². The van der Waals surface area contributed by atoms with Gasteiger partial charge >= 0.3 is 7.60 Å². The van der Waals surface area contributed by atoms with E-state index in [-0.39, 0.29) is 13.2 Å². The predicted molar refractivity (Wildman–Crippen MR) is 70.3 cm³/mol. The van der Waals surface area contributed by atoms with Gasteiger partial charge in [0.25, 0.3) is 0 Å². The lowest BCUT2D eigenvalue weighted by Gasteiger charge is -2.38. The maximum atomic E-state index is 11.5. The summed E-state index contributed by atoms with van der Waals surface area (Å²) >= 11 is 0. The van der Waals surface area contributed by atoms with Crippen LogP contribution in [0.2, 0.25) is 0 Å². The van der Waals surface area contributed by atoms with Crippen molar-refractivity contribution in [3.8, 4) is 0 Å². The van der Waals surface area contributed by atoms with E-state index in [0.717, 1.165) is 0 Å². The van der Waals surface area contributed by atoms with Gasteiger partial charge in [-0.3, -0.25) is 9.46 Å². The fraction of sp³-hybridized carbons (Fsp3) is 1.00. The monoisotopic (exact) mass is 283 g/mol. The van der Waals surface area contributed by atoms with Gasteiger partial charge in [0.1, 0.15) is 5.28 Å². The normalized spacial score (nSPS) is 13.3. The van der Waals surface area contributed by atoms with Crippen LogP contribution in [0.15, 0.2) is 0 Å². The molecule has 0 aliphatic heterocycles. The van der Waals surface area contributed by atoms with Crippen molar-refractivity contribution in [3.05, 3.63) is 0 Å². The van der Waals surface area contributed by atoms with Gasteiger partial charge in [0.05, 0.1) is 0 Å². The molecule has 0 saturated heterocycles. The Labute approximate surface area is 109 Å². The molecule has 0 saturated carbocycles. The molecular formula is C11H26NO5P. The largest absolute Gasteiger partial charge is 0.396 e. The summed E-state index contributed by atoms with van der Waals surface area (Å²) in [6.45, 7) is 4.30. The van der Waals surface area contributed by atoms with Crippen molar-refractivity contribution in [3.63, 3.8) is 0 Å². The molecular weight excluding hydrogens is 257 g/mol. The number of hydrogen-bond donors (Lipinski definition) is 4. The number of aliphatic hydroxyl groups excluding tert-OH is 2. The van der Waals surface area contributed by atoms with Crippen LogP contribution in [0.25, 0.3) is 0 Å². The molecule has 110 valence electrons. The summed E-state index contributed by atoms with van der Waals surface area (Å²) in [5, 5.41) is 16.3. The summed E-state index contributed by atoms with van der Waals surface area (Å²) in [6.07, 6.45) is 2.62. The average Bonchev–Trinajstić information content (AvgIpc) is 2.25. The highest BCUT2D eigenvalue weighted by Crippen LogP contribution is 2.51. The zero-order chi connectivity index (χ0) is 14.2. The molecule has 4 N–H and O–H groups in total. The Hall–Kier alpha value is 0.0300. The fourth-order valence-electron chi connectivity index (χ4n) is 1.67. The highest BCUT2D eigenvalue weighted by molar-refractivity contribution is 7.53. The fourth-order valence-corrected chi connectivity index (χ4v) is 2.24. The van der Waals surface area contributed by atoms with Crippen LogP contribution in [-0.4, -0.2) is 56.5 Å². The number of rotatable bonds is 10. The van der Waals surface area contributed by atoms with E-state index in [0.29, 0.717) is 38.8 Å². The first-order chi connectivity index (χ1) is 8.27. The topological polar surface area (TPSA) is 101 Å². The Morgan fingerprint density at radius 3 is 1.61 bits per heavy atom. The number of aliphatic hydroxyl groups is 2. The van der Waals surface area contributed by atoms with E-state index in [1.54, 1.807) is 4.90 Å². The molecule has 0 unspecified atom stereocenters. The highest BCUT2D eigenvalue weighted by Gasteiger charge is 2.42. The molecule has 0 amide bonds. The molecule has 0 aromatic heterocycles. The van der Waals surface area contributed by atoms with Gasteiger partial charge < -0.3 is 20.0 Å². The molecule has 6 nitrogen and oxygen atoms in total. The van der Waals surface area contributed by atoms with Crippen LogP contribution in [-0.2, 0) is 4.57 Å². The van der Waals surface area contributed by atoms with Crippen LogP contribution in [0.5, 0.6) is 0 Å². The third kappa shape index (κ3) is 5.78. The summed E-state index contributed by atoms with van der Waals surface area (Å²) in [7, 11) is -4.22. The smallest absolute Gasteiger partial charge is 0.345 e. The third-order valence-electron chi connectivity index (χ3n) is 3.16. The van der Waals surface area contributed by atoms with Gasteiger partial charge in [0.15, 0.2) is 0 Å². The number of unbranched alkanes of at least 4 members (excludes halogenated alkanes) is 2. The Balaban J connectivity index is 4.57. The molecule has 0 radical (unpaired) electrons. The molecule has 0 aliphatic carbocycles. The molecule has 0 aromatic rings. The quantitative estimate of drug-likeness (QED) is 0.348. The second kappa shape index (κ2) is 8.25. The van der Waals surface area contributed by atoms with Crippen LogP contribution in [0.1, 0.15) is 39.5 Å². The summed E-state index contributed by atoms with van der Waals surface area (Å²) in [4.78, 5) is 20.5. The lowest BCUT2D eigenvalue weighted by molar-refractivity contribution is 0.141. The third-order valence-corrected chi connectivity index (χ3v) is 4.87. The first-order valence-electron chi connectivity index (χ1n) is 6.29. The molecule has 7 heteroatoms. The summed E-state index contributed by atoms with van der Waals surface area (Å²) in [5.41, 5.74) is 0. The Kier molecular flexibility index (Phi) is 8.26. The predicted octanol–water partition coefficient (Wildman–Crippen LogP) is 0.747. The van der Waals surface area contributed by atoms with Crippen molar-refractivity contribution in [2.24, 2.45) is 0 Å². The van der Waals surface area contributed by atoms with Gasteiger partial charge in [0.2, 0.25) is 0 Å². The van der Waals surface area contributed by atoms with Crippen molar-refractivity contribution in [2.45, 2.75) is 44.8 Å². The standard InChI is InChI=1S/C11H26NO5P/c1-11(2,18(15,16)17)12(7-3-5-9-13)8-4-6-10-14/h13-14H,3-10H2,1-2H3,(H2,15,16,17). The van der Waals surface area contributed by atoms with Gasteiger partial charge in [-0.1, -0.05) is 0 Å². The molecule has 0 aromatic carbocycles. The molecule has 0 bridgehead atoms. The van der Waals surface area contributed by atoms with Crippen LogP contribution in [0, 0.1) is 0 Å². The van der Waals surface area contributed by atoms with Gasteiger partial charge in [-0.25, -0.2) is 0 Å². The molecule has 18 heavy (non-hydrogen) atoms. The second-order valence-electron chi connectivity index (χ2n) is 4.89. The molecule has 0 heterocycles. The number of nitrogens with zero attached hydrogens (tertiary/aromatic N) is 1. The maximum Gasteiger partial charge on any atom is 0.345 e. The van der Waals surface area contributed by atoms with E-state index in [9.17, 15) is 14.4 Å². The molecule has 0 fully saturated rings. The second-order valence-corrected chi connectivity index (χ2v) is 7.07. The van der Waals surface area contributed by atoms with Crippen molar-refractivity contribution in [1.82, 2.24) is 4.90 Å². The Bertz CT molecular complexity index is 256. The summed E-state index contributed by atoms with van der Waals surface area (Å²) in [5.74, 6) is 0. The zero-order valence-electron chi connectivity index (χ0n) is 11.2. The Morgan fingerprint density at radius 1 is 0.944 bits per heavy atom. The van der Waals surface area contributed by atoms with Gasteiger partial charge in [-0.05, 0) is 52.6 Å². The van der Waals surface area contributed by atoms with Gasteiger partial charge in [-0.15, -0.1) is 0 Å². The van der Waals surface area contributed by atoms with E-state index in [2.05, 4.69) is 0 Å². The van der Waals surface area contributed by atoms with E-state index >= 15 is 0 Å². The number of hydrogen-bond acceptors (Lipinski definition) is 4. The molecule has 0 spiro atoms. The highest BCUT2D eigenvalue weighted by atomic mass is 31.2. The minimum atomic E-state index is -4.22. The SMILES string of the molecule is CC(C)(N(CCCCO)CCCCO)P(=O)(O)O. The minimum Gasteiger partial charge on any atom is -0.396 e. The maximum absolute atomic E-state index is 11.5.